The maximum absolute atomic E-state index is 7.00. The van der Waals surface area contributed by atoms with E-state index in [0.29, 0.717) is 0 Å². The van der Waals surface area contributed by atoms with Crippen LogP contribution in [-0.2, 0) is 65.0 Å². The van der Waals surface area contributed by atoms with Crippen molar-refractivity contribution in [3.8, 4) is 46.0 Å². The average Bonchev–Trinajstić information content (AvgIpc) is 0.730. The fourth-order valence-electron chi connectivity index (χ4n) is 19.2. The molecule has 0 amide bonds. The van der Waals surface area contributed by atoms with Crippen molar-refractivity contribution in [1.29, 1.82) is 0 Å². The summed E-state index contributed by atoms with van der Waals surface area (Å²) in [6.07, 6.45) is 2.28. The Kier molecular flexibility index (Phi) is 40.3. The van der Waals surface area contributed by atoms with E-state index in [1.165, 1.54) is 154 Å². The van der Waals surface area contributed by atoms with Gasteiger partial charge in [-0.1, -0.05) is 476 Å². The third-order valence-corrected chi connectivity index (χ3v) is 37.6. The van der Waals surface area contributed by atoms with Crippen LogP contribution in [-0.4, -0.2) is 17.0 Å². The molecule has 149 heavy (non-hydrogen) atoms. The van der Waals surface area contributed by atoms with Gasteiger partial charge >= 0.3 is 63.3 Å². The van der Waals surface area contributed by atoms with Crippen LogP contribution >= 0.6 is 72.9 Å². The third-order valence-electron chi connectivity index (χ3n) is 28.9. The van der Waals surface area contributed by atoms with Gasteiger partial charge in [-0.3, -0.25) is 0 Å². The molecule has 0 saturated carbocycles. The summed E-state index contributed by atoms with van der Waals surface area (Å²) < 4.78 is 28.3. The predicted octanol–water partition coefficient (Wildman–Crippen LogP) is 24.8. The fourth-order valence-corrected chi connectivity index (χ4v) is 27.7. The van der Waals surface area contributed by atoms with Crippen LogP contribution in [0.2, 0.25) is 0 Å². The first-order valence-electron chi connectivity index (χ1n) is 51.9. The monoisotopic (exact) mass is 2170 g/mol. The summed E-state index contributed by atoms with van der Waals surface area (Å²) >= 11 is 18.7. The first-order chi connectivity index (χ1) is 67.9. The van der Waals surface area contributed by atoms with E-state index in [0.717, 1.165) is 67.1 Å². The van der Waals surface area contributed by atoms with Crippen molar-refractivity contribution in [2.24, 2.45) is 0 Å². The van der Waals surface area contributed by atoms with Crippen molar-refractivity contribution in [2.75, 3.05) is 0 Å². The number of halogens is 4. The summed E-state index contributed by atoms with van der Waals surface area (Å²) in [7, 11) is -1.48. The Morgan fingerprint density at radius 1 is 0.295 bits per heavy atom. The van der Waals surface area contributed by atoms with E-state index in [1.807, 2.05) is 0 Å². The summed E-state index contributed by atoms with van der Waals surface area (Å²) in [5.41, 5.74) is 21.8. The quantitative estimate of drug-likeness (QED) is 0.0592. The Hall–Kier alpha value is -6.85. The molecular formula is C133H158BrCl3Li3O4P3Si2. The molecule has 4 aliphatic rings. The third kappa shape index (κ3) is 28.0. The number of fused-ring (bicyclic) bond motifs is 8. The molecule has 0 aromatic heterocycles. The normalized spacial score (nSPS) is 14.2. The van der Waals surface area contributed by atoms with Crippen LogP contribution in [0, 0.1) is 26.0 Å². The van der Waals surface area contributed by atoms with Gasteiger partial charge in [0.1, 0.15) is 34.5 Å². The molecule has 0 spiro atoms. The summed E-state index contributed by atoms with van der Waals surface area (Å²) in [5, 5.41) is 13.2. The van der Waals surface area contributed by atoms with Gasteiger partial charge in [0.05, 0.1) is 4.47 Å². The molecule has 14 aromatic carbocycles. The molecule has 0 radical (unpaired) electrons. The van der Waals surface area contributed by atoms with Crippen molar-refractivity contribution in [3.05, 3.63) is 397 Å². The summed E-state index contributed by atoms with van der Waals surface area (Å²) in [4.78, 5) is 0. The van der Waals surface area contributed by atoms with Crippen LogP contribution in [0.4, 0.5) is 0 Å². The topological polar surface area (TPSA) is 36.9 Å². The van der Waals surface area contributed by atoms with Gasteiger partial charge in [-0.15, -0.1) is 56.5 Å². The number of ether oxygens (including phenoxy) is 4. The summed E-state index contributed by atoms with van der Waals surface area (Å²) in [6, 6.07) is 110. The number of aryl methyl sites for hydroxylation is 1. The average molecular weight is 2180 g/mol. The number of unbranched alkanes of at least 4 members (excludes halogenated alkanes) is 1. The van der Waals surface area contributed by atoms with Crippen molar-refractivity contribution < 1.29 is 75.5 Å². The molecular weight excluding hydrogens is 2020 g/mol. The Balaban J connectivity index is 0.000000198. The maximum atomic E-state index is 7.00. The van der Waals surface area contributed by atoms with Crippen LogP contribution < -0.4 is 128 Å². The molecule has 16 heteroatoms. The molecule has 0 aliphatic carbocycles. The molecule has 768 valence electrons. The second-order valence-corrected chi connectivity index (χ2v) is 65.0. The summed E-state index contributed by atoms with van der Waals surface area (Å²) in [5.74, 6) is 7.84. The van der Waals surface area contributed by atoms with Gasteiger partial charge in [-0.2, -0.15) is 41.8 Å². The molecule has 4 heterocycles. The van der Waals surface area contributed by atoms with Crippen LogP contribution in [0.25, 0.3) is 0 Å². The maximum Gasteiger partial charge on any atom is 1.00 e. The van der Waals surface area contributed by atoms with E-state index in [9.17, 15) is 0 Å². The Morgan fingerprint density at radius 3 is 0.752 bits per heavy atom. The van der Waals surface area contributed by atoms with Gasteiger partial charge in [0, 0.05) is 70.7 Å². The van der Waals surface area contributed by atoms with Crippen LogP contribution in [0.3, 0.4) is 0 Å². The number of rotatable bonds is 10. The molecule has 0 atom stereocenters. The van der Waals surface area contributed by atoms with Gasteiger partial charge < -0.3 is 25.9 Å². The van der Waals surface area contributed by atoms with Crippen molar-refractivity contribution in [1.82, 2.24) is 0 Å². The minimum Gasteiger partial charge on any atom is -0.482 e. The van der Waals surface area contributed by atoms with Crippen molar-refractivity contribution >= 4 is 143 Å². The number of hydrogen-bond donors (Lipinski definition) is 0. The minimum absolute atomic E-state index is 0. The zero-order chi connectivity index (χ0) is 107. The predicted molar refractivity (Wildman–Crippen MR) is 651 cm³/mol. The largest absolute Gasteiger partial charge is 1.00 e. The van der Waals surface area contributed by atoms with E-state index in [4.69, 9.17) is 52.2 Å². The van der Waals surface area contributed by atoms with Crippen molar-refractivity contribution in [3.63, 3.8) is 0 Å². The van der Waals surface area contributed by atoms with Gasteiger partial charge in [0.2, 0.25) is 0 Å². The fraction of sp³-hybridized carbons (Fsp3) is 0.361. The second kappa shape index (κ2) is 48.5. The molecule has 0 saturated heterocycles. The SMILES string of the molecule is CC(C)(C)c1c[c-]c2c(c1)C(C)(C)c1cc(C(C)(C)C)cc(P(c3ccccc3)c3ccccc3)c1O2.CC(C)(C)c1c[c-]c2c(c1)C(C)(C)c1cc(C(C)(C)C)cc(P(c3ccccc3)c3ccccc3)c1O2.CC(C)(C)c1cc(Br)c2c(c1)C(C)(C)c1cc(C(C)(C)C)cc(P(c3ccccc3)c3ccccc3)c1O2.Cc1cc(C(C)(C)C)cc2c1Oc1c([SiH3])cc(C(C)(C)C)cc1C2(C)C.Cl[SiH](Cl)Cl.[CH2-]CCC.[Li+].[Li+].[Li+]. The number of benzene rings is 14. The van der Waals surface area contributed by atoms with Crippen LogP contribution in [0.15, 0.2) is 284 Å². The van der Waals surface area contributed by atoms with Crippen LogP contribution in [0.1, 0.15) is 336 Å². The van der Waals surface area contributed by atoms with Gasteiger partial charge in [-0.05, 0) is 201 Å². The van der Waals surface area contributed by atoms with E-state index in [2.05, 4.69) is 549 Å². The number of hydrogen-bond acceptors (Lipinski definition) is 4. The smallest absolute Gasteiger partial charge is 0.482 e. The molecule has 4 nitrogen and oxygen atoms in total. The van der Waals surface area contributed by atoms with E-state index in [-0.39, 0.29) is 122 Å². The van der Waals surface area contributed by atoms with Crippen LogP contribution in [0.5, 0.6) is 46.0 Å². The van der Waals surface area contributed by atoms with Gasteiger partial charge in [-0.25, -0.2) is 0 Å². The zero-order valence-electron chi connectivity index (χ0n) is 96.7. The first-order valence-corrected chi connectivity index (χ1v) is 63.0. The van der Waals surface area contributed by atoms with Crippen molar-refractivity contribution in [2.45, 2.75) is 313 Å². The molecule has 4 aliphatic heterocycles. The molecule has 0 fully saturated rings. The second-order valence-electron chi connectivity index (χ2n) is 50.1. The standard InChI is InChI=1S/C35H38BrOP.2C35H38OP.C24H34OSi.C4H9.Cl3HSi.3Li/c1-33(2,3)23-19-27-31(29(36)21-23)37-32-28(35(27,7)8)20-24(34(4,5)6)22-30(32)38(25-15-11-9-12-16-25)26-17-13-10-14-18-26;2*1-33(2,3)24-19-20-30-28(21-24)35(7,8)29-22-25(34(4,5)6)23-31(32(29)36-30)37(26-15-11-9-12-16-26)27-17-13-10-14-18-27;1-14-10-15(22(2,3)4)11-17-20(14)25-21-18(24(17,8)9)12-16(13-19(21)26)23(5,6)7;1-3-4-2;1-4(2)3;;;/h9-22H,1-8H3;2*9-19,21-23H,1-8H3;10-13H,1-9,26H3;1,3-4H2,2H3;4H;;;/q;2*-1;;-1;;3*+1. The van der Waals surface area contributed by atoms with E-state index >= 15 is 0 Å². The van der Waals surface area contributed by atoms with Gasteiger partial charge in [0.25, 0.3) is 0 Å². The van der Waals surface area contributed by atoms with E-state index in [1.54, 1.807) is 0 Å². The molecule has 0 unspecified atom stereocenters. The Labute approximate surface area is 965 Å². The molecule has 0 bridgehead atoms. The Bertz CT molecular complexity index is 6560. The molecule has 0 N–H and O–H groups in total. The molecule has 14 aromatic rings. The Morgan fingerprint density at radius 2 is 0.497 bits per heavy atom. The molecule has 18 rings (SSSR count). The summed E-state index contributed by atoms with van der Waals surface area (Å²) in [6.45, 7) is 79.9. The minimum atomic E-state index is -1.72. The zero-order valence-corrected chi connectivity index (χ0v) is 106. The van der Waals surface area contributed by atoms with E-state index < -0.39 is 30.5 Å². The van der Waals surface area contributed by atoms with Gasteiger partial charge in [0.15, 0.2) is 0 Å². The first kappa shape index (κ1) is 124.